The van der Waals surface area contributed by atoms with Crippen molar-refractivity contribution >= 4 is 17.5 Å². The SMILES string of the molecule is COc1c(Cl)cccc1C1CN(C(C)=O)CC1N. The second-order valence-electron chi connectivity index (χ2n) is 4.56. The molecule has 98 valence electrons. The van der Waals surface area contributed by atoms with Gasteiger partial charge in [-0.05, 0) is 6.07 Å². The van der Waals surface area contributed by atoms with E-state index in [0.717, 1.165) is 5.56 Å². The number of para-hydroxylation sites is 1. The highest BCUT2D eigenvalue weighted by molar-refractivity contribution is 6.32. The number of ether oxygens (including phenoxy) is 1. The fourth-order valence-electron chi connectivity index (χ4n) is 2.45. The number of nitrogens with two attached hydrogens (primary N) is 1. The van der Waals surface area contributed by atoms with Crippen LogP contribution in [0.5, 0.6) is 5.75 Å². The van der Waals surface area contributed by atoms with Crippen LogP contribution in [0.1, 0.15) is 18.4 Å². The molecule has 5 heteroatoms. The Labute approximate surface area is 112 Å². The van der Waals surface area contributed by atoms with Gasteiger partial charge in [-0.3, -0.25) is 4.79 Å². The van der Waals surface area contributed by atoms with E-state index >= 15 is 0 Å². The van der Waals surface area contributed by atoms with E-state index < -0.39 is 0 Å². The molecule has 0 aliphatic carbocycles. The van der Waals surface area contributed by atoms with E-state index in [0.29, 0.717) is 23.9 Å². The Morgan fingerprint density at radius 2 is 2.22 bits per heavy atom. The van der Waals surface area contributed by atoms with E-state index in [4.69, 9.17) is 22.1 Å². The summed E-state index contributed by atoms with van der Waals surface area (Å²) in [6.07, 6.45) is 0. The average Bonchev–Trinajstić information content (AvgIpc) is 2.71. The fraction of sp³-hybridized carbons (Fsp3) is 0.462. The maximum Gasteiger partial charge on any atom is 0.219 e. The summed E-state index contributed by atoms with van der Waals surface area (Å²) < 4.78 is 5.34. The third-order valence-corrected chi connectivity index (χ3v) is 3.71. The summed E-state index contributed by atoms with van der Waals surface area (Å²) in [7, 11) is 1.59. The standard InChI is InChI=1S/C13H17ClN2O2/c1-8(17)16-6-10(12(15)7-16)9-4-3-5-11(14)13(9)18-2/h3-5,10,12H,6-7,15H2,1-2H3. The van der Waals surface area contributed by atoms with Crippen LogP contribution >= 0.6 is 11.6 Å². The minimum absolute atomic E-state index is 0.0499. The lowest BCUT2D eigenvalue weighted by Gasteiger charge is -2.18. The van der Waals surface area contributed by atoms with Gasteiger partial charge < -0.3 is 15.4 Å². The number of hydrogen-bond acceptors (Lipinski definition) is 3. The number of nitrogens with zero attached hydrogens (tertiary/aromatic N) is 1. The molecule has 0 radical (unpaired) electrons. The van der Waals surface area contributed by atoms with Gasteiger partial charge in [-0.15, -0.1) is 0 Å². The first-order chi connectivity index (χ1) is 8.54. The first-order valence-electron chi connectivity index (χ1n) is 5.88. The number of hydrogen-bond donors (Lipinski definition) is 1. The monoisotopic (exact) mass is 268 g/mol. The molecule has 1 aliphatic heterocycles. The van der Waals surface area contributed by atoms with Crippen molar-refractivity contribution in [1.82, 2.24) is 4.90 Å². The molecular formula is C13H17ClN2O2. The van der Waals surface area contributed by atoms with Crippen molar-refractivity contribution in [1.29, 1.82) is 0 Å². The van der Waals surface area contributed by atoms with Crippen LogP contribution in [-0.4, -0.2) is 37.0 Å². The molecule has 1 aromatic carbocycles. The smallest absolute Gasteiger partial charge is 0.219 e. The maximum atomic E-state index is 11.4. The lowest BCUT2D eigenvalue weighted by Crippen LogP contribution is -2.30. The van der Waals surface area contributed by atoms with Gasteiger partial charge in [-0.1, -0.05) is 23.7 Å². The Hall–Kier alpha value is -1.26. The molecule has 0 spiro atoms. The number of carbonyl (C=O) groups is 1. The molecule has 0 saturated carbocycles. The second-order valence-corrected chi connectivity index (χ2v) is 4.96. The van der Waals surface area contributed by atoms with Gasteiger partial charge >= 0.3 is 0 Å². The molecule has 1 heterocycles. The van der Waals surface area contributed by atoms with Gasteiger partial charge in [0.2, 0.25) is 5.91 Å². The molecule has 1 aromatic rings. The minimum Gasteiger partial charge on any atom is -0.495 e. The molecule has 0 bridgehead atoms. The van der Waals surface area contributed by atoms with Crippen LogP contribution in [0.15, 0.2) is 18.2 Å². The zero-order valence-corrected chi connectivity index (χ0v) is 11.3. The van der Waals surface area contributed by atoms with Crippen molar-refractivity contribution in [2.24, 2.45) is 5.73 Å². The summed E-state index contributed by atoms with van der Waals surface area (Å²) in [5.74, 6) is 0.779. The molecule has 2 N–H and O–H groups in total. The normalized spacial score (nSPS) is 23.2. The summed E-state index contributed by atoms with van der Waals surface area (Å²) in [6.45, 7) is 2.76. The number of likely N-dealkylation sites (tertiary alicyclic amines) is 1. The van der Waals surface area contributed by atoms with Crippen LogP contribution in [0.2, 0.25) is 5.02 Å². The molecule has 1 aliphatic rings. The molecular weight excluding hydrogens is 252 g/mol. The Morgan fingerprint density at radius 1 is 1.50 bits per heavy atom. The van der Waals surface area contributed by atoms with Gasteiger partial charge in [-0.25, -0.2) is 0 Å². The van der Waals surface area contributed by atoms with Crippen molar-refractivity contribution in [3.05, 3.63) is 28.8 Å². The molecule has 2 unspecified atom stereocenters. The molecule has 1 saturated heterocycles. The van der Waals surface area contributed by atoms with Gasteiger partial charge in [0, 0.05) is 37.5 Å². The number of carbonyl (C=O) groups excluding carboxylic acids is 1. The van der Waals surface area contributed by atoms with Gasteiger partial charge in [0.05, 0.1) is 12.1 Å². The lowest BCUT2D eigenvalue weighted by molar-refractivity contribution is -0.127. The third-order valence-electron chi connectivity index (χ3n) is 3.41. The molecule has 0 aromatic heterocycles. The molecule has 4 nitrogen and oxygen atoms in total. The van der Waals surface area contributed by atoms with Crippen LogP contribution < -0.4 is 10.5 Å². The van der Waals surface area contributed by atoms with Crippen molar-refractivity contribution in [2.75, 3.05) is 20.2 Å². The van der Waals surface area contributed by atoms with E-state index in [-0.39, 0.29) is 17.9 Å². The highest BCUT2D eigenvalue weighted by Crippen LogP contribution is 2.37. The van der Waals surface area contributed by atoms with Crippen LogP contribution in [0.3, 0.4) is 0 Å². The topological polar surface area (TPSA) is 55.6 Å². The summed E-state index contributed by atoms with van der Waals surface area (Å²) in [6, 6.07) is 5.54. The van der Waals surface area contributed by atoms with Crippen molar-refractivity contribution in [3.8, 4) is 5.75 Å². The molecule has 2 rings (SSSR count). The van der Waals surface area contributed by atoms with Crippen molar-refractivity contribution in [2.45, 2.75) is 18.9 Å². The molecule has 1 fully saturated rings. The van der Waals surface area contributed by atoms with E-state index in [2.05, 4.69) is 0 Å². The van der Waals surface area contributed by atoms with Crippen LogP contribution in [-0.2, 0) is 4.79 Å². The summed E-state index contributed by atoms with van der Waals surface area (Å²) in [4.78, 5) is 13.2. The highest BCUT2D eigenvalue weighted by atomic mass is 35.5. The van der Waals surface area contributed by atoms with Crippen molar-refractivity contribution in [3.63, 3.8) is 0 Å². The summed E-state index contributed by atoms with van der Waals surface area (Å²) in [5.41, 5.74) is 7.09. The fourth-order valence-corrected chi connectivity index (χ4v) is 2.71. The number of amides is 1. The Bertz CT molecular complexity index is 464. The van der Waals surface area contributed by atoms with Gasteiger partial charge in [0.25, 0.3) is 0 Å². The molecule has 2 atom stereocenters. The number of halogens is 1. The van der Waals surface area contributed by atoms with Gasteiger partial charge in [0.1, 0.15) is 5.75 Å². The van der Waals surface area contributed by atoms with Crippen molar-refractivity contribution < 1.29 is 9.53 Å². The number of benzene rings is 1. The van der Waals surface area contributed by atoms with E-state index in [1.54, 1.807) is 25.0 Å². The number of rotatable bonds is 2. The number of methoxy groups -OCH3 is 1. The summed E-state index contributed by atoms with van der Waals surface area (Å²) in [5, 5.41) is 0.573. The summed E-state index contributed by atoms with van der Waals surface area (Å²) >= 11 is 6.11. The molecule has 1 amide bonds. The van der Waals surface area contributed by atoms with E-state index in [1.807, 2.05) is 12.1 Å². The Morgan fingerprint density at radius 3 is 2.78 bits per heavy atom. The Balaban J connectivity index is 2.32. The van der Waals surface area contributed by atoms with E-state index in [9.17, 15) is 4.79 Å². The van der Waals surface area contributed by atoms with Gasteiger partial charge in [-0.2, -0.15) is 0 Å². The zero-order chi connectivity index (χ0) is 13.3. The predicted octanol–water partition coefficient (Wildman–Crippen LogP) is 1.62. The first-order valence-corrected chi connectivity index (χ1v) is 6.26. The minimum atomic E-state index is -0.0822. The highest BCUT2D eigenvalue weighted by Gasteiger charge is 2.34. The van der Waals surface area contributed by atoms with Gasteiger partial charge in [0.15, 0.2) is 0 Å². The van der Waals surface area contributed by atoms with Crippen LogP contribution in [0, 0.1) is 0 Å². The third kappa shape index (κ3) is 2.31. The first kappa shape index (κ1) is 13.2. The average molecular weight is 269 g/mol. The lowest BCUT2D eigenvalue weighted by atomic mass is 9.94. The zero-order valence-electron chi connectivity index (χ0n) is 10.5. The second kappa shape index (κ2) is 5.16. The van der Waals surface area contributed by atoms with Crippen LogP contribution in [0.25, 0.3) is 0 Å². The largest absolute Gasteiger partial charge is 0.495 e. The van der Waals surface area contributed by atoms with Crippen LogP contribution in [0.4, 0.5) is 0 Å². The quantitative estimate of drug-likeness (QED) is 0.887. The maximum absolute atomic E-state index is 11.4. The molecule has 18 heavy (non-hydrogen) atoms. The Kier molecular flexibility index (Phi) is 3.78. The van der Waals surface area contributed by atoms with E-state index in [1.165, 1.54) is 0 Å². The predicted molar refractivity (Wildman–Crippen MR) is 71.0 cm³/mol.